The van der Waals surface area contributed by atoms with E-state index < -0.39 is 4.92 Å². The van der Waals surface area contributed by atoms with E-state index in [1.807, 2.05) is 0 Å². The Bertz CT molecular complexity index is 298. The zero-order valence-corrected chi connectivity index (χ0v) is 5.81. The van der Waals surface area contributed by atoms with Crippen LogP contribution in [0.1, 0.15) is 5.56 Å². The average molecular weight is 154 g/mol. The second-order valence-corrected chi connectivity index (χ2v) is 2.04. The summed E-state index contributed by atoms with van der Waals surface area (Å²) in [5, 5.41) is 19.2. The third-order valence-corrected chi connectivity index (χ3v) is 1.35. The number of nitro groups is 1. The highest BCUT2D eigenvalue weighted by atomic mass is 16.6. The van der Waals surface area contributed by atoms with E-state index in [2.05, 4.69) is 4.98 Å². The van der Waals surface area contributed by atoms with Crippen molar-refractivity contribution in [3.63, 3.8) is 0 Å². The Labute approximate surface area is 62.5 Å². The molecule has 58 valence electrons. The van der Waals surface area contributed by atoms with Crippen molar-refractivity contribution in [1.82, 2.24) is 4.98 Å². The lowest BCUT2D eigenvalue weighted by Gasteiger charge is -1.96. The lowest BCUT2D eigenvalue weighted by atomic mass is 10.2. The van der Waals surface area contributed by atoms with Gasteiger partial charge in [0.25, 0.3) is 5.69 Å². The van der Waals surface area contributed by atoms with Gasteiger partial charge in [0.05, 0.1) is 10.5 Å². The smallest absolute Gasteiger partial charge is 0.279 e. The van der Waals surface area contributed by atoms with Gasteiger partial charge in [-0.1, -0.05) is 0 Å². The number of nitrogens with zero attached hydrogens (tertiary/aromatic N) is 2. The van der Waals surface area contributed by atoms with E-state index in [1.54, 1.807) is 0 Å². The van der Waals surface area contributed by atoms with Gasteiger partial charge in [-0.05, 0) is 6.92 Å². The Morgan fingerprint density at radius 1 is 1.73 bits per heavy atom. The molecule has 0 bridgehead atoms. The van der Waals surface area contributed by atoms with E-state index in [9.17, 15) is 10.1 Å². The molecule has 1 N–H and O–H groups in total. The topological polar surface area (TPSA) is 76.3 Å². The van der Waals surface area contributed by atoms with E-state index in [1.165, 1.54) is 19.2 Å². The van der Waals surface area contributed by atoms with Gasteiger partial charge < -0.3 is 5.11 Å². The molecule has 0 aliphatic carbocycles. The molecule has 0 aliphatic heterocycles. The van der Waals surface area contributed by atoms with Gasteiger partial charge in [-0.2, -0.15) is 0 Å². The fraction of sp³-hybridized carbons (Fsp3) is 0.167. The standard InChI is InChI=1S/C6H6N2O3/c1-4-5(8(10)11)2-3-7-6(4)9/h2-3H,1H3,(H,7,9). The molecule has 0 radical (unpaired) electrons. The number of aromatic nitrogens is 1. The Morgan fingerprint density at radius 2 is 2.36 bits per heavy atom. The Morgan fingerprint density at radius 3 is 2.82 bits per heavy atom. The SMILES string of the molecule is Cc1c([N+](=O)[O-])ccnc1O. The summed E-state index contributed by atoms with van der Waals surface area (Å²) in [6.07, 6.45) is 1.19. The van der Waals surface area contributed by atoms with E-state index in [0.717, 1.165) is 0 Å². The number of hydrogen-bond acceptors (Lipinski definition) is 4. The average Bonchev–Trinajstić information content (AvgIpc) is 1.94. The Hall–Kier alpha value is -1.65. The molecule has 0 aromatic carbocycles. The molecule has 5 heteroatoms. The number of pyridine rings is 1. The van der Waals surface area contributed by atoms with E-state index >= 15 is 0 Å². The number of aromatic hydroxyl groups is 1. The van der Waals surface area contributed by atoms with E-state index in [4.69, 9.17) is 5.11 Å². The zero-order chi connectivity index (χ0) is 8.43. The van der Waals surface area contributed by atoms with Crippen molar-refractivity contribution in [2.45, 2.75) is 6.92 Å². The first kappa shape index (κ1) is 7.46. The molecule has 1 rings (SSSR count). The van der Waals surface area contributed by atoms with Gasteiger partial charge in [-0.3, -0.25) is 10.1 Å². The van der Waals surface area contributed by atoms with Crippen LogP contribution < -0.4 is 0 Å². The van der Waals surface area contributed by atoms with Gasteiger partial charge in [0, 0.05) is 12.3 Å². The van der Waals surface area contributed by atoms with Crippen LogP contribution in [0, 0.1) is 17.0 Å². The quantitative estimate of drug-likeness (QED) is 0.483. The van der Waals surface area contributed by atoms with Gasteiger partial charge in [-0.25, -0.2) is 4.98 Å². The molecule has 0 spiro atoms. The first-order valence-electron chi connectivity index (χ1n) is 2.92. The lowest BCUT2D eigenvalue weighted by Crippen LogP contribution is -1.92. The maximum Gasteiger partial charge on any atom is 0.279 e. The highest BCUT2D eigenvalue weighted by Gasteiger charge is 2.12. The highest BCUT2D eigenvalue weighted by molar-refractivity contribution is 5.42. The van der Waals surface area contributed by atoms with Crippen molar-refractivity contribution in [2.24, 2.45) is 0 Å². The molecule has 0 saturated carbocycles. The summed E-state index contributed by atoms with van der Waals surface area (Å²) < 4.78 is 0. The van der Waals surface area contributed by atoms with Crippen LogP contribution >= 0.6 is 0 Å². The molecular formula is C6H6N2O3. The van der Waals surface area contributed by atoms with Crippen molar-refractivity contribution in [1.29, 1.82) is 0 Å². The van der Waals surface area contributed by atoms with Crippen LogP contribution in [0.4, 0.5) is 5.69 Å². The van der Waals surface area contributed by atoms with Gasteiger partial charge in [0.15, 0.2) is 0 Å². The molecule has 0 unspecified atom stereocenters. The molecule has 0 atom stereocenters. The molecule has 0 amide bonds. The summed E-state index contributed by atoms with van der Waals surface area (Å²) in [7, 11) is 0. The van der Waals surface area contributed by atoms with Crippen LogP contribution in [0.2, 0.25) is 0 Å². The molecule has 11 heavy (non-hydrogen) atoms. The fourth-order valence-corrected chi connectivity index (χ4v) is 0.713. The minimum Gasteiger partial charge on any atom is -0.493 e. The number of rotatable bonds is 1. The largest absolute Gasteiger partial charge is 0.493 e. The van der Waals surface area contributed by atoms with Crippen molar-refractivity contribution in [2.75, 3.05) is 0 Å². The molecule has 1 heterocycles. The van der Waals surface area contributed by atoms with Crippen LogP contribution in [0.5, 0.6) is 5.88 Å². The molecule has 0 saturated heterocycles. The third-order valence-electron chi connectivity index (χ3n) is 1.35. The van der Waals surface area contributed by atoms with E-state index in [0.29, 0.717) is 0 Å². The predicted octanol–water partition coefficient (Wildman–Crippen LogP) is 1.00. The summed E-state index contributed by atoms with van der Waals surface area (Å²) in [6, 6.07) is 1.25. The summed E-state index contributed by atoms with van der Waals surface area (Å²) >= 11 is 0. The van der Waals surface area contributed by atoms with Crippen LogP contribution in [0.25, 0.3) is 0 Å². The monoisotopic (exact) mass is 154 g/mol. The summed E-state index contributed by atoms with van der Waals surface area (Å²) in [5.74, 6) is -0.292. The van der Waals surface area contributed by atoms with Crippen molar-refractivity contribution in [3.8, 4) is 5.88 Å². The summed E-state index contributed by atoms with van der Waals surface area (Å²) in [4.78, 5) is 13.2. The van der Waals surface area contributed by atoms with Gasteiger partial charge in [0.1, 0.15) is 0 Å². The first-order chi connectivity index (χ1) is 5.13. The first-order valence-corrected chi connectivity index (χ1v) is 2.92. The third kappa shape index (κ3) is 1.26. The van der Waals surface area contributed by atoms with Gasteiger partial charge in [-0.15, -0.1) is 0 Å². The van der Waals surface area contributed by atoms with Crippen molar-refractivity contribution in [3.05, 3.63) is 27.9 Å². The summed E-state index contributed by atoms with van der Waals surface area (Å²) in [6.45, 7) is 1.44. The fourth-order valence-electron chi connectivity index (χ4n) is 0.713. The maximum absolute atomic E-state index is 10.2. The van der Waals surface area contributed by atoms with E-state index in [-0.39, 0.29) is 17.1 Å². The maximum atomic E-state index is 10.2. The van der Waals surface area contributed by atoms with Gasteiger partial charge >= 0.3 is 0 Å². The lowest BCUT2D eigenvalue weighted by molar-refractivity contribution is -0.385. The van der Waals surface area contributed by atoms with Crippen LogP contribution in [0.3, 0.4) is 0 Å². The predicted molar refractivity (Wildman–Crippen MR) is 37.3 cm³/mol. The van der Waals surface area contributed by atoms with Crippen molar-refractivity contribution >= 4 is 5.69 Å². The molecule has 0 fully saturated rings. The molecule has 1 aromatic rings. The molecule has 5 nitrogen and oxygen atoms in total. The molecule has 1 aromatic heterocycles. The second-order valence-electron chi connectivity index (χ2n) is 2.04. The van der Waals surface area contributed by atoms with Crippen LogP contribution in [-0.4, -0.2) is 15.0 Å². The van der Waals surface area contributed by atoms with Crippen LogP contribution in [-0.2, 0) is 0 Å². The van der Waals surface area contributed by atoms with Gasteiger partial charge in [0.2, 0.25) is 5.88 Å². The summed E-state index contributed by atoms with van der Waals surface area (Å²) in [5.41, 5.74) is 0.0787. The Balaban J connectivity index is 3.27. The minimum atomic E-state index is -0.559. The van der Waals surface area contributed by atoms with Crippen molar-refractivity contribution < 1.29 is 10.0 Å². The number of hydrogen-bond donors (Lipinski definition) is 1. The highest BCUT2D eigenvalue weighted by Crippen LogP contribution is 2.22. The molecule has 0 aliphatic rings. The Kier molecular flexibility index (Phi) is 1.72. The normalized spacial score (nSPS) is 9.55. The molecular weight excluding hydrogens is 148 g/mol. The second kappa shape index (κ2) is 2.53. The van der Waals surface area contributed by atoms with Crippen LogP contribution in [0.15, 0.2) is 12.3 Å². The minimum absolute atomic E-state index is 0.113. The zero-order valence-electron chi connectivity index (χ0n) is 5.81.